The Morgan fingerprint density at radius 1 is 1.22 bits per heavy atom. The standard InChI is InChI=1S/C17H19ClO5/c1-16(2)21-12-14(20-9-10-6-4-3-5-7-10)17(23-15(12)22-16)8-11(19)13(17)18/h3-7,12-15H,8-9H2,1-2H3/t12?,13-,14?,15-,17-/m0/s1. The van der Waals surface area contributed by atoms with Crippen LogP contribution in [0.2, 0.25) is 0 Å². The first-order valence-electron chi connectivity index (χ1n) is 7.77. The van der Waals surface area contributed by atoms with Crippen LogP contribution in [0.5, 0.6) is 0 Å². The van der Waals surface area contributed by atoms with Crippen molar-refractivity contribution in [2.45, 2.75) is 62.1 Å². The van der Waals surface area contributed by atoms with E-state index in [-0.39, 0.29) is 18.3 Å². The normalized spacial score (nSPS) is 41.1. The van der Waals surface area contributed by atoms with Gasteiger partial charge in [-0.2, -0.15) is 0 Å². The smallest absolute Gasteiger partial charge is 0.190 e. The van der Waals surface area contributed by atoms with Crippen molar-refractivity contribution in [2.75, 3.05) is 0 Å². The SMILES string of the molecule is CC1(C)OC2C(OCc3ccccc3)[C@@]3(CC(=O)[C@@H]3Cl)O[C@@H]2O1. The summed E-state index contributed by atoms with van der Waals surface area (Å²) < 4.78 is 23.8. The highest BCUT2D eigenvalue weighted by molar-refractivity contribution is 6.35. The fraction of sp³-hybridized carbons (Fsp3) is 0.588. The molecule has 1 spiro atoms. The van der Waals surface area contributed by atoms with Crippen molar-refractivity contribution in [1.29, 1.82) is 0 Å². The van der Waals surface area contributed by atoms with Crippen molar-refractivity contribution in [1.82, 2.24) is 0 Å². The zero-order valence-corrected chi connectivity index (χ0v) is 13.8. The molecule has 5 atom stereocenters. The number of ketones is 1. The molecule has 1 aromatic rings. The second-order valence-electron chi connectivity index (χ2n) is 6.76. The zero-order valence-electron chi connectivity index (χ0n) is 13.0. The van der Waals surface area contributed by atoms with Crippen molar-refractivity contribution in [2.24, 2.45) is 0 Å². The van der Waals surface area contributed by atoms with Gasteiger partial charge in [0.2, 0.25) is 0 Å². The molecule has 0 aromatic heterocycles. The van der Waals surface area contributed by atoms with E-state index in [9.17, 15) is 4.79 Å². The van der Waals surface area contributed by atoms with Crippen LogP contribution in [0.3, 0.4) is 0 Å². The van der Waals surface area contributed by atoms with Gasteiger partial charge in [0.1, 0.15) is 23.2 Å². The molecule has 0 bridgehead atoms. The number of alkyl halides is 1. The molecular formula is C17H19ClO5. The highest BCUT2D eigenvalue weighted by Gasteiger charge is 2.71. The second kappa shape index (κ2) is 5.26. The van der Waals surface area contributed by atoms with Gasteiger partial charge in [-0.1, -0.05) is 30.3 Å². The summed E-state index contributed by atoms with van der Waals surface area (Å²) in [6, 6.07) is 9.84. The van der Waals surface area contributed by atoms with Gasteiger partial charge in [-0.05, 0) is 19.4 Å². The Bertz CT molecular complexity index is 619. The van der Waals surface area contributed by atoms with Gasteiger partial charge in [-0.3, -0.25) is 4.79 Å². The third-order valence-electron chi connectivity index (χ3n) is 4.64. The fourth-order valence-electron chi connectivity index (χ4n) is 3.55. The predicted octanol–water partition coefficient (Wildman–Crippen LogP) is 2.40. The van der Waals surface area contributed by atoms with Crippen molar-refractivity contribution in [3.05, 3.63) is 35.9 Å². The van der Waals surface area contributed by atoms with Crippen molar-refractivity contribution < 1.29 is 23.7 Å². The molecule has 0 N–H and O–H groups in total. The van der Waals surface area contributed by atoms with E-state index >= 15 is 0 Å². The van der Waals surface area contributed by atoms with E-state index in [2.05, 4.69) is 0 Å². The molecule has 3 fully saturated rings. The number of Topliss-reactive ketones (excluding diaryl/α,β-unsaturated/α-hetero) is 1. The van der Waals surface area contributed by atoms with Crippen LogP contribution in [0.1, 0.15) is 25.8 Å². The van der Waals surface area contributed by atoms with Crippen LogP contribution >= 0.6 is 11.6 Å². The van der Waals surface area contributed by atoms with Crippen LogP contribution in [0, 0.1) is 0 Å². The molecule has 0 radical (unpaired) electrons. The Morgan fingerprint density at radius 3 is 2.61 bits per heavy atom. The fourth-order valence-corrected chi connectivity index (χ4v) is 3.88. The topological polar surface area (TPSA) is 54.0 Å². The number of ether oxygens (including phenoxy) is 4. The number of carbonyl (C=O) groups is 1. The lowest BCUT2D eigenvalue weighted by molar-refractivity contribution is -0.253. The molecule has 6 heteroatoms. The predicted molar refractivity (Wildman–Crippen MR) is 81.9 cm³/mol. The Labute approximate surface area is 139 Å². The number of hydrogen-bond acceptors (Lipinski definition) is 5. The molecule has 5 nitrogen and oxygen atoms in total. The molecule has 2 heterocycles. The average Bonchev–Trinajstić information content (AvgIpc) is 2.96. The number of hydrogen-bond donors (Lipinski definition) is 0. The summed E-state index contributed by atoms with van der Waals surface area (Å²) in [4.78, 5) is 11.7. The minimum absolute atomic E-state index is 0.0285. The Morgan fingerprint density at radius 2 is 1.96 bits per heavy atom. The zero-order chi connectivity index (χ0) is 16.2. The van der Waals surface area contributed by atoms with Gasteiger partial charge >= 0.3 is 0 Å². The third kappa shape index (κ3) is 2.42. The summed E-state index contributed by atoms with van der Waals surface area (Å²) in [5, 5.41) is -0.718. The molecule has 124 valence electrons. The number of benzene rings is 1. The maximum absolute atomic E-state index is 11.7. The molecular weight excluding hydrogens is 320 g/mol. The van der Waals surface area contributed by atoms with Gasteiger partial charge in [-0.25, -0.2) is 0 Å². The first-order valence-corrected chi connectivity index (χ1v) is 8.21. The molecule has 2 unspecified atom stereocenters. The minimum atomic E-state index is -0.848. The molecule has 4 rings (SSSR count). The van der Waals surface area contributed by atoms with Crippen LogP contribution < -0.4 is 0 Å². The molecule has 0 amide bonds. The maximum atomic E-state index is 11.7. The Hall–Kier alpha value is -0.980. The highest BCUT2D eigenvalue weighted by Crippen LogP contribution is 2.52. The van der Waals surface area contributed by atoms with E-state index in [1.165, 1.54) is 0 Å². The Balaban J connectivity index is 1.56. The summed E-state index contributed by atoms with van der Waals surface area (Å²) in [6.07, 6.45) is -1.14. The molecule has 3 aliphatic rings. The van der Waals surface area contributed by atoms with Crippen LogP contribution in [0.4, 0.5) is 0 Å². The van der Waals surface area contributed by atoms with E-state index in [4.69, 9.17) is 30.5 Å². The van der Waals surface area contributed by atoms with Gasteiger partial charge in [0.25, 0.3) is 0 Å². The lowest BCUT2D eigenvalue weighted by atomic mass is 9.74. The van der Waals surface area contributed by atoms with E-state index in [0.717, 1.165) is 5.56 Å². The van der Waals surface area contributed by atoms with Gasteiger partial charge < -0.3 is 18.9 Å². The molecule has 1 aromatic carbocycles. The van der Waals surface area contributed by atoms with E-state index in [0.29, 0.717) is 6.61 Å². The summed E-state index contributed by atoms with van der Waals surface area (Å²) in [7, 11) is 0. The van der Waals surface area contributed by atoms with Gasteiger partial charge in [0.05, 0.1) is 6.61 Å². The number of halogens is 1. The van der Waals surface area contributed by atoms with Crippen molar-refractivity contribution in [3.8, 4) is 0 Å². The lowest BCUT2D eigenvalue weighted by Crippen LogP contribution is -2.64. The maximum Gasteiger partial charge on any atom is 0.190 e. The Kier molecular flexibility index (Phi) is 3.55. The number of rotatable bonds is 3. The molecule has 2 saturated heterocycles. The lowest BCUT2D eigenvalue weighted by Gasteiger charge is -2.45. The molecule has 1 saturated carbocycles. The van der Waals surface area contributed by atoms with Gasteiger partial charge in [0.15, 0.2) is 17.9 Å². The van der Waals surface area contributed by atoms with Crippen molar-refractivity contribution in [3.63, 3.8) is 0 Å². The number of fused-ring (bicyclic) bond motifs is 1. The largest absolute Gasteiger partial charge is 0.368 e. The van der Waals surface area contributed by atoms with E-state index in [1.54, 1.807) is 0 Å². The van der Waals surface area contributed by atoms with Crippen molar-refractivity contribution >= 4 is 17.4 Å². The summed E-state index contributed by atoms with van der Waals surface area (Å²) in [5.41, 5.74) is 0.195. The van der Waals surface area contributed by atoms with Gasteiger partial charge in [0, 0.05) is 6.42 Å². The van der Waals surface area contributed by atoms with E-state index in [1.807, 2.05) is 44.2 Å². The van der Waals surface area contributed by atoms with E-state index < -0.39 is 29.2 Å². The van der Waals surface area contributed by atoms with Crippen LogP contribution in [0.25, 0.3) is 0 Å². The first kappa shape index (κ1) is 15.5. The van der Waals surface area contributed by atoms with Crippen LogP contribution in [0.15, 0.2) is 30.3 Å². The summed E-state index contributed by atoms with van der Waals surface area (Å²) in [6.45, 7) is 4.07. The van der Waals surface area contributed by atoms with Crippen LogP contribution in [-0.2, 0) is 30.3 Å². The third-order valence-corrected chi connectivity index (χ3v) is 5.25. The molecule has 1 aliphatic carbocycles. The second-order valence-corrected chi connectivity index (χ2v) is 7.20. The average molecular weight is 339 g/mol. The summed E-state index contributed by atoms with van der Waals surface area (Å²) in [5.74, 6) is -0.764. The first-order chi connectivity index (χ1) is 10.9. The number of carbonyl (C=O) groups excluding carboxylic acids is 1. The van der Waals surface area contributed by atoms with Crippen LogP contribution in [-0.4, -0.2) is 41.0 Å². The monoisotopic (exact) mass is 338 g/mol. The minimum Gasteiger partial charge on any atom is -0.368 e. The van der Waals surface area contributed by atoms with Gasteiger partial charge in [-0.15, -0.1) is 11.6 Å². The summed E-state index contributed by atoms with van der Waals surface area (Å²) >= 11 is 6.26. The quantitative estimate of drug-likeness (QED) is 0.792. The molecule has 23 heavy (non-hydrogen) atoms. The highest BCUT2D eigenvalue weighted by atomic mass is 35.5. The molecule has 2 aliphatic heterocycles.